The van der Waals surface area contributed by atoms with Gasteiger partial charge < -0.3 is 9.79 Å². The minimum atomic E-state index is -4.89. The Morgan fingerprint density at radius 3 is 2.29 bits per heavy atom. The Bertz CT molecular complexity index is 876. The summed E-state index contributed by atoms with van der Waals surface area (Å²) >= 11 is 0. The van der Waals surface area contributed by atoms with Crippen LogP contribution >= 0.6 is 7.82 Å². The molecular weight excluding hydrogens is 429 g/mol. The lowest BCUT2D eigenvalue weighted by atomic mass is 10.1. The van der Waals surface area contributed by atoms with Gasteiger partial charge in [-0.2, -0.15) is 0 Å². The molecule has 28 heavy (non-hydrogen) atoms. The van der Waals surface area contributed by atoms with E-state index in [9.17, 15) is 21.4 Å². The summed E-state index contributed by atoms with van der Waals surface area (Å²) in [4.78, 5) is 17.8. The number of rotatable bonds is 11. The van der Waals surface area contributed by atoms with Gasteiger partial charge in [0.25, 0.3) is 0 Å². The molecule has 0 radical (unpaired) electrons. The topological polar surface area (TPSA) is 147 Å². The number of hydrogen-bond acceptors (Lipinski definition) is 6. The van der Waals surface area contributed by atoms with Crippen LogP contribution in [-0.2, 0) is 34.7 Å². The quantitative estimate of drug-likeness (QED) is 0.422. The molecule has 1 saturated carbocycles. The monoisotopic (exact) mass is 455 g/mol. The summed E-state index contributed by atoms with van der Waals surface area (Å²) in [6.45, 7) is -1.29. The molecule has 1 aliphatic carbocycles. The molecule has 1 aromatic carbocycles. The maximum Gasteiger partial charge on any atom is 0.469 e. The lowest BCUT2D eigenvalue weighted by Crippen LogP contribution is -2.41. The Kier molecular flexibility index (Phi) is 8.21. The Labute approximate surface area is 165 Å². The first-order chi connectivity index (χ1) is 13.0. The van der Waals surface area contributed by atoms with E-state index in [2.05, 4.69) is 9.25 Å². The summed E-state index contributed by atoms with van der Waals surface area (Å²) < 4.78 is 67.6. The summed E-state index contributed by atoms with van der Waals surface area (Å²) in [5.74, 6) is -0.506. The normalized spacial score (nSPS) is 17.6. The van der Waals surface area contributed by atoms with Gasteiger partial charge in [-0.25, -0.2) is 26.1 Å². The van der Waals surface area contributed by atoms with E-state index in [-0.39, 0.29) is 17.4 Å². The molecular formula is C16H26NO8PS2. The minimum Gasteiger partial charge on any atom is -0.303 e. The van der Waals surface area contributed by atoms with Crippen LogP contribution in [0.25, 0.3) is 0 Å². The fourth-order valence-corrected chi connectivity index (χ4v) is 6.82. The predicted molar refractivity (Wildman–Crippen MR) is 105 cm³/mol. The molecule has 1 aliphatic rings. The van der Waals surface area contributed by atoms with E-state index in [1.54, 1.807) is 30.3 Å². The zero-order valence-electron chi connectivity index (χ0n) is 15.3. The summed E-state index contributed by atoms with van der Waals surface area (Å²) in [5, 5.41) is -1.38. The number of sulfonamides is 1. The second-order valence-corrected chi connectivity index (χ2v) is 12.4. The second-order valence-electron chi connectivity index (χ2n) is 6.98. The van der Waals surface area contributed by atoms with Crippen LogP contribution in [0.2, 0.25) is 0 Å². The van der Waals surface area contributed by atoms with Crippen molar-refractivity contribution in [2.45, 2.75) is 36.7 Å². The first-order valence-electron chi connectivity index (χ1n) is 8.90. The van der Waals surface area contributed by atoms with E-state index in [4.69, 9.17) is 9.79 Å². The van der Waals surface area contributed by atoms with Gasteiger partial charge in [-0.3, -0.25) is 4.52 Å². The summed E-state index contributed by atoms with van der Waals surface area (Å²) in [5.41, 5.74) is 0.534. The molecule has 1 unspecified atom stereocenters. The molecule has 1 fully saturated rings. The zero-order valence-corrected chi connectivity index (χ0v) is 17.8. The number of benzene rings is 1. The van der Waals surface area contributed by atoms with E-state index in [0.717, 1.165) is 25.7 Å². The lowest BCUT2D eigenvalue weighted by Gasteiger charge is -2.20. The second kappa shape index (κ2) is 9.80. The van der Waals surface area contributed by atoms with Gasteiger partial charge >= 0.3 is 7.82 Å². The first-order valence-corrected chi connectivity index (χ1v) is 13.8. The Balaban J connectivity index is 2.06. The van der Waals surface area contributed by atoms with Crippen LogP contribution in [-0.4, -0.2) is 50.8 Å². The largest absolute Gasteiger partial charge is 0.469 e. The van der Waals surface area contributed by atoms with Gasteiger partial charge in [0.05, 0.1) is 23.4 Å². The average molecular weight is 455 g/mol. The van der Waals surface area contributed by atoms with Crippen molar-refractivity contribution in [3.63, 3.8) is 0 Å². The van der Waals surface area contributed by atoms with Crippen LogP contribution in [0.15, 0.2) is 30.3 Å². The van der Waals surface area contributed by atoms with Crippen LogP contribution in [0.5, 0.6) is 0 Å². The van der Waals surface area contributed by atoms with Crippen molar-refractivity contribution in [2.75, 3.05) is 18.9 Å². The summed E-state index contributed by atoms with van der Waals surface area (Å²) in [6.07, 6.45) is 3.41. The molecule has 1 aromatic rings. The number of sulfone groups is 1. The zero-order chi connectivity index (χ0) is 20.8. The van der Waals surface area contributed by atoms with E-state index in [1.807, 2.05) is 0 Å². The SMILES string of the molecule is O=P(O)(O)OCC(CNS(=O)(=O)Cc1ccccc1)S(=O)(=O)CC1CCCC1. The molecule has 9 nitrogen and oxygen atoms in total. The molecule has 0 amide bonds. The number of phosphoric ester groups is 1. The smallest absolute Gasteiger partial charge is 0.303 e. The average Bonchev–Trinajstić information content (AvgIpc) is 3.06. The highest BCUT2D eigenvalue weighted by Crippen LogP contribution is 2.36. The van der Waals surface area contributed by atoms with Crippen molar-refractivity contribution >= 4 is 27.7 Å². The molecule has 160 valence electrons. The Hall–Kier alpha value is -0.810. The van der Waals surface area contributed by atoms with Crippen molar-refractivity contribution in [2.24, 2.45) is 5.92 Å². The summed E-state index contributed by atoms with van der Waals surface area (Å²) in [7, 11) is -12.5. The standard InChI is InChI=1S/C16H26NO8PS2/c18-26(19,20)25-11-16(27(21,22)12-14-8-4-5-9-14)10-17-28(23,24)13-15-6-2-1-3-7-15/h1-3,6-7,14,16-17H,4-5,8-13H2,(H2,18,19,20). The number of nitrogens with one attached hydrogen (secondary N) is 1. The summed E-state index contributed by atoms with van der Waals surface area (Å²) in [6, 6.07) is 8.38. The van der Waals surface area contributed by atoms with Gasteiger partial charge in [0.15, 0.2) is 9.84 Å². The molecule has 0 heterocycles. The van der Waals surface area contributed by atoms with Crippen LogP contribution in [0.3, 0.4) is 0 Å². The molecule has 12 heteroatoms. The lowest BCUT2D eigenvalue weighted by molar-refractivity contribution is 0.196. The number of hydrogen-bond donors (Lipinski definition) is 3. The maximum absolute atomic E-state index is 12.7. The first kappa shape index (κ1) is 23.5. The van der Waals surface area contributed by atoms with Gasteiger partial charge in [0.1, 0.15) is 0 Å². The van der Waals surface area contributed by atoms with E-state index in [0.29, 0.717) is 5.56 Å². The maximum atomic E-state index is 12.7. The van der Waals surface area contributed by atoms with Crippen LogP contribution in [0.1, 0.15) is 31.2 Å². The van der Waals surface area contributed by atoms with Gasteiger partial charge in [-0.15, -0.1) is 0 Å². The third kappa shape index (κ3) is 8.28. The van der Waals surface area contributed by atoms with Gasteiger partial charge in [0, 0.05) is 6.54 Å². The highest BCUT2D eigenvalue weighted by Gasteiger charge is 2.33. The van der Waals surface area contributed by atoms with Crippen molar-refractivity contribution in [1.29, 1.82) is 0 Å². The molecule has 2 rings (SSSR count). The van der Waals surface area contributed by atoms with E-state index < -0.39 is 46.1 Å². The van der Waals surface area contributed by atoms with Gasteiger partial charge in [0.2, 0.25) is 10.0 Å². The minimum absolute atomic E-state index is 0.0246. The van der Waals surface area contributed by atoms with Gasteiger partial charge in [-0.1, -0.05) is 43.2 Å². The van der Waals surface area contributed by atoms with E-state index in [1.165, 1.54) is 0 Å². The molecule has 0 aliphatic heterocycles. The van der Waals surface area contributed by atoms with Crippen LogP contribution in [0.4, 0.5) is 0 Å². The van der Waals surface area contributed by atoms with Crippen molar-refractivity contribution in [3.8, 4) is 0 Å². The molecule has 0 saturated heterocycles. The fraction of sp³-hybridized carbons (Fsp3) is 0.625. The number of phosphoric acid groups is 1. The highest BCUT2D eigenvalue weighted by atomic mass is 32.2. The molecule has 0 spiro atoms. The van der Waals surface area contributed by atoms with Crippen LogP contribution in [0, 0.1) is 5.92 Å². The van der Waals surface area contributed by atoms with Crippen molar-refractivity contribution in [3.05, 3.63) is 35.9 Å². The fourth-order valence-electron chi connectivity index (χ4n) is 3.18. The molecule has 3 N–H and O–H groups in total. The predicted octanol–water partition coefficient (Wildman–Crippen LogP) is 1.19. The third-order valence-corrected chi connectivity index (χ3v) is 8.67. The Morgan fingerprint density at radius 1 is 1.11 bits per heavy atom. The van der Waals surface area contributed by atoms with Crippen molar-refractivity contribution < 1.29 is 35.7 Å². The Morgan fingerprint density at radius 2 is 1.71 bits per heavy atom. The molecule has 1 atom stereocenters. The van der Waals surface area contributed by atoms with E-state index >= 15 is 0 Å². The molecule has 0 bridgehead atoms. The van der Waals surface area contributed by atoms with Crippen molar-refractivity contribution in [1.82, 2.24) is 4.72 Å². The van der Waals surface area contributed by atoms with Crippen LogP contribution < -0.4 is 4.72 Å². The molecule has 0 aromatic heterocycles. The highest BCUT2D eigenvalue weighted by molar-refractivity contribution is 7.92. The third-order valence-electron chi connectivity index (χ3n) is 4.61. The van der Waals surface area contributed by atoms with Gasteiger partial charge in [-0.05, 0) is 24.3 Å².